The topological polar surface area (TPSA) is 102 Å². The van der Waals surface area contributed by atoms with E-state index < -0.39 is 10.9 Å². The van der Waals surface area contributed by atoms with Crippen LogP contribution < -0.4 is 5.32 Å². The van der Waals surface area contributed by atoms with E-state index in [2.05, 4.69) is 5.32 Å². The normalized spacial score (nSPS) is 19.7. The van der Waals surface area contributed by atoms with E-state index in [-0.39, 0.29) is 35.8 Å². The van der Waals surface area contributed by atoms with Gasteiger partial charge in [-0.05, 0) is 51.2 Å². The van der Waals surface area contributed by atoms with Gasteiger partial charge < -0.3 is 15.0 Å². The molecule has 2 fully saturated rings. The SMILES string of the molecule is C[C@@H]1CCCCN1C(=O)COC(=O)c1ccc(NC2CC2)c([N+](=O)[O-])c1. The highest BCUT2D eigenvalue weighted by Crippen LogP contribution is 2.31. The summed E-state index contributed by atoms with van der Waals surface area (Å²) < 4.78 is 5.09. The lowest BCUT2D eigenvalue weighted by molar-refractivity contribution is -0.384. The van der Waals surface area contributed by atoms with Gasteiger partial charge in [-0.3, -0.25) is 14.9 Å². The Balaban J connectivity index is 1.62. The molecule has 2 aliphatic rings. The number of likely N-dealkylation sites (tertiary alicyclic amines) is 1. The molecule has 1 N–H and O–H groups in total. The number of benzene rings is 1. The van der Waals surface area contributed by atoms with Crippen molar-refractivity contribution in [1.82, 2.24) is 4.90 Å². The maximum atomic E-state index is 12.2. The lowest BCUT2D eigenvalue weighted by Crippen LogP contribution is -2.44. The van der Waals surface area contributed by atoms with Gasteiger partial charge in [-0.1, -0.05) is 0 Å². The van der Waals surface area contributed by atoms with Crippen LogP contribution in [0.1, 0.15) is 49.4 Å². The quantitative estimate of drug-likeness (QED) is 0.475. The van der Waals surface area contributed by atoms with Crippen LogP contribution in [-0.4, -0.2) is 46.9 Å². The Morgan fingerprint density at radius 1 is 1.31 bits per heavy atom. The number of piperidine rings is 1. The van der Waals surface area contributed by atoms with E-state index in [4.69, 9.17) is 4.74 Å². The third-order valence-electron chi connectivity index (χ3n) is 4.82. The number of nitrogens with one attached hydrogen (secondary N) is 1. The summed E-state index contributed by atoms with van der Waals surface area (Å²) in [5, 5.41) is 14.3. The van der Waals surface area contributed by atoms with Crippen LogP contribution in [0.4, 0.5) is 11.4 Å². The van der Waals surface area contributed by atoms with Crippen molar-refractivity contribution in [2.24, 2.45) is 0 Å². The second-order valence-electron chi connectivity index (χ2n) is 6.92. The fourth-order valence-corrected chi connectivity index (χ4v) is 3.14. The second-order valence-corrected chi connectivity index (χ2v) is 6.92. The van der Waals surface area contributed by atoms with Crippen molar-refractivity contribution < 1.29 is 19.2 Å². The third kappa shape index (κ3) is 4.30. The first-order valence-corrected chi connectivity index (χ1v) is 8.97. The number of nitrogens with zero attached hydrogens (tertiary/aromatic N) is 2. The molecular formula is C18H23N3O5. The number of carbonyl (C=O) groups excluding carboxylic acids is 2. The third-order valence-corrected chi connectivity index (χ3v) is 4.82. The summed E-state index contributed by atoms with van der Waals surface area (Å²) in [6.45, 7) is 2.30. The first-order valence-electron chi connectivity index (χ1n) is 8.97. The lowest BCUT2D eigenvalue weighted by atomic mass is 10.0. The van der Waals surface area contributed by atoms with E-state index in [0.29, 0.717) is 12.2 Å². The molecule has 140 valence electrons. The zero-order valence-corrected chi connectivity index (χ0v) is 14.8. The van der Waals surface area contributed by atoms with Crippen molar-refractivity contribution in [3.8, 4) is 0 Å². The minimum absolute atomic E-state index is 0.0672. The average Bonchev–Trinajstić information content (AvgIpc) is 3.44. The van der Waals surface area contributed by atoms with E-state index in [0.717, 1.165) is 32.1 Å². The zero-order chi connectivity index (χ0) is 18.7. The maximum absolute atomic E-state index is 12.2. The number of carbonyl (C=O) groups is 2. The van der Waals surface area contributed by atoms with E-state index in [1.807, 2.05) is 6.92 Å². The summed E-state index contributed by atoms with van der Waals surface area (Å²) in [6.07, 6.45) is 4.96. The average molecular weight is 361 g/mol. The molecule has 0 radical (unpaired) electrons. The van der Waals surface area contributed by atoms with Gasteiger partial charge in [0.1, 0.15) is 5.69 Å². The number of nitro groups is 1. The van der Waals surface area contributed by atoms with E-state index >= 15 is 0 Å². The van der Waals surface area contributed by atoms with Gasteiger partial charge in [0.05, 0.1) is 10.5 Å². The lowest BCUT2D eigenvalue weighted by Gasteiger charge is -2.33. The van der Waals surface area contributed by atoms with E-state index in [1.165, 1.54) is 18.2 Å². The van der Waals surface area contributed by atoms with Crippen LogP contribution in [0.15, 0.2) is 18.2 Å². The van der Waals surface area contributed by atoms with Crippen LogP contribution in [0.2, 0.25) is 0 Å². The molecule has 8 nitrogen and oxygen atoms in total. The van der Waals surface area contributed by atoms with Crippen LogP contribution in [0, 0.1) is 10.1 Å². The van der Waals surface area contributed by atoms with E-state index in [9.17, 15) is 19.7 Å². The fraction of sp³-hybridized carbons (Fsp3) is 0.556. The van der Waals surface area contributed by atoms with Crippen molar-refractivity contribution in [2.45, 2.75) is 51.1 Å². The molecule has 3 rings (SSSR count). The number of nitro benzene ring substituents is 1. The van der Waals surface area contributed by atoms with Gasteiger partial charge in [0.25, 0.3) is 11.6 Å². The second kappa shape index (κ2) is 7.72. The molecule has 0 bridgehead atoms. The minimum Gasteiger partial charge on any atom is -0.452 e. The van der Waals surface area contributed by atoms with Gasteiger partial charge in [-0.2, -0.15) is 0 Å². The predicted molar refractivity (Wildman–Crippen MR) is 95.0 cm³/mol. The van der Waals surface area contributed by atoms with Gasteiger partial charge in [0.2, 0.25) is 0 Å². The molecule has 8 heteroatoms. The highest BCUT2D eigenvalue weighted by molar-refractivity contribution is 5.93. The Hall–Kier alpha value is -2.64. The summed E-state index contributed by atoms with van der Waals surface area (Å²) in [5.74, 6) is -0.962. The molecule has 1 aromatic rings. The number of ether oxygens (including phenoxy) is 1. The van der Waals surface area contributed by atoms with Crippen molar-refractivity contribution in [1.29, 1.82) is 0 Å². The fourth-order valence-electron chi connectivity index (χ4n) is 3.14. The number of hydrogen-bond acceptors (Lipinski definition) is 6. The van der Waals surface area contributed by atoms with Gasteiger partial charge in [-0.25, -0.2) is 4.79 Å². The standard InChI is InChI=1S/C18H23N3O5/c1-12-4-2-3-9-20(12)17(22)11-26-18(23)13-5-8-15(19-14-6-7-14)16(10-13)21(24)25/h5,8,10,12,14,19H,2-4,6-7,9,11H2,1H3/t12-/m1/s1. The summed E-state index contributed by atoms with van der Waals surface area (Å²) in [6, 6.07) is 4.59. The van der Waals surface area contributed by atoms with Gasteiger partial charge in [0, 0.05) is 24.7 Å². The molecule has 1 saturated heterocycles. The zero-order valence-electron chi connectivity index (χ0n) is 14.8. The summed E-state index contributed by atoms with van der Waals surface area (Å²) >= 11 is 0. The van der Waals surface area contributed by atoms with Gasteiger partial charge >= 0.3 is 5.97 Å². The number of anilines is 1. The molecule has 1 saturated carbocycles. The Labute approximate surface area is 151 Å². The molecule has 1 aliphatic carbocycles. The summed E-state index contributed by atoms with van der Waals surface area (Å²) in [5.41, 5.74) is 0.298. The summed E-state index contributed by atoms with van der Waals surface area (Å²) in [4.78, 5) is 36.9. The van der Waals surface area contributed by atoms with Crippen LogP contribution >= 0.6 is 0 Å². The predicted octanol–water partition coefficient (Wildman–Crippen LogP) is 2.73. The van der Waals surface area contributed by atoms with Crippen molar-refractivity contribution >= 4 is 23.3 Å². The number of amides is 1. The van der Waals surface area contributed by atoms with Gasteiger partial charge in [0.15, 0.2) is 6.61 Å². The van der Waals surface area contributed by atoms with Crippen LogP contribution in [0.3, 0.4) is 0 Å². The van der Waals surface area contributed by atoms with Crippen LogP contribution in [0.25, 0.3) is 0 Å². The molecular weight excluding hydrogens is 338 g/mol. The molecule has 0 spiro atoms. The Bertz CT molecular complexity index is 717. The molecule has 1 amide bonds. The molecule has 26 heavy (non-hydrogen) atoms. The molecule has 1 heterocycles. The highest BCUT2D eigenvalue weighted by atomic mass is 16.6. The van der Waals surface area contributed by atoms with Gasteiger partial charge in [-0.15, -0.1) is 0 Å². The van der Waals surface area contributed by atoms with Crippen LogP contribution in [0.5, 0.6) is 0 Å². The number of hydrogen-bond donors (Lipinski definition) is 1. The molecule has 1 atom stereocenters. The largest absolute Gasteiger partial charge is 0.452 e. The van der Waals surface area contributed by atoms with Crippen molar-refractivity contribution in [3.05, 3.63) is 33.9 Å². The Morgan fingerprint density at radius 2 is 2.08 bits per heavy atom. The molecule has 1 aromatic carbocycles. The van der Waals surface area contributed by atoms with Crippen molar-refractivity contribution in [3.63, 3.8) is 0 Å². The van der Waals surface area contributed by atoms with E-state index in [1.54, 1.807) is 4.90 Å². The van der Waals surface area contributed by atoms with Crippen molar-refractivity contribution in [2.75, 3.05) is 18.5 Å². The first kappa shape index (κ1) is 18.2. The summed E-state index contributed by atoms with van der Waals surface area (Å²) in [7, 11) is 0. The highest BCUT2D eigenvalue weighted by Gasteiger charge is 2.27. The molecule has 0 unspecified atom stereocenters. The monoisotopic (exact) mass is 361 g/mol. The number of rotatable bonds is 6. The molecule has 1 aliphatic heterocycles. The number of esters is 1. The van der Waals surface area contributed by atoms with Crippen LogP contribution in [-0.2, 0) is 9.53 Å². The maximum Gasteiger partial charge on any atom is 0.338 e. The first-order chi connectivity index (χ1) is 12.5. The minimum atomic E-state index is -0.732. The smallest absolute Gasteiger partial charge is 0.338 e. The Morgan fingerprint density at radius 3 is 2.73 bits per heavy atom. The Kier molecular flexibility index (Phi) is 5.39. The molecule has 0 aromatic heterocycles.